The second-order valence-corrected chi connectivity index (χ2v) is 6.41. The third kappa shape index (κ3) is 3.39. The molecule has 1 fully saturated rings. The molecule has 0 N–H and O–H groups in total. The van der Waals surface area contributed by atoms with E-state index in [1.54, 1.807) is 7.11 Å². The van der Waals surface area contributed by atoms with E-state index in [0.29, 0.717) is 0 Å². The van der Waals surface area contributed by atoms with Crippen molar-refractivity contribution in [3.63, 3.8) is 0 Å². The molecular weight excluding hydrogens is 298 g/mol. The van der Waals surface area contributed by atoms with E-state index in [4.69, 9.17) is 4.74 Å². The van der Waals surface area contributed by atoms with Gasteiger partial charge >= 0.3 is 0 Å². The number of hydrogen-bond donors (Lipinski definition) is 0. The molecule has 2 nitrogen and oxygen atoms in total. The number of nitrogens with zero attached hydrogens (tertiary/aromatic N) is 1. The normalized spacial score (nSPS) is 19.9. The van der Waals surface area contributed by atoms with E-state index >= 15 is 0 Å². The van der Waals surface area contributed by atoms with Gasteiger partial charge in [0.2, 0.25) is 0 Å². The van der Waals surface area contributed by atoms with Crippen LogP contribution in [0.15, 0.2) is 22.7 Å². The maximum Gasteiger partial charge on any atom is 0.133 e. The molecule has 1 saturated heterocycles. The molecule has 1 unspecified atom stereocenters. The Morgan fingerprint density at radius 1 is 1.53 bits per heavy atom. The van der Waals surface area contributed by atoms with Gasteiger partial charge in [-0.05, 0) is 52.8 Å². The molecule has 1 heterocycles. The molecule has 0 aliphatic carbocycles. The topological polar surface area (TPSA) is 12.5 Å². The van der Waals surface area contributed by atoms with Crippen LogP contribution >= 0.6 is 27.7 Å². The molecule has 0 saturated carbocycles. The number of halogens is 1. The molecular formula is C13H18BrNOS. The van der Waals surface area contributed by atoms with Crippen LogP contribution in [0.1, 0.15) is 12.0 Å². The quantitative estimate of drug-likeness (QED) is 0.845. The average Bonchev–Trinajstić information content (AvgIpc) is 2.82. The number of ether oxygens (including phenoxy) is 1. The fourth-order valence-electron chi connectivity index (χ4n) is 2.10. The smallest absolute Gasteiger partial charge is 0.133 e. The zero-order chi connectivity index (χ0) is 12.3. The third-order valence-corrected chi connectivity index (χ3v) is 4.94. The first-order chi connectivity index (χ1) is 8.20. The first-order valence-electron chi connectivity index (χ1n) is 5.81. The maximum absolute atomic E-state index is 5.24. The molecule has 2 rings (SSSR count). The Bertz CT molecular complexity index is 380. The SMILES string of the molecule is COc1ccc(CN(C)C2CCSC2)cc1Br. The van der Waals surface area contributed by atoms with Gasteiger partial charge in [0.15, 0.2) is 0 Å². The molecule has 1 atom stereocenters. The van der Waals surface area contributed by atoms with Gasteiger partial charge in [0, 0.05) is 18.3 Å². The van der Waals surface area contributed by atoms with Crippen LogP contribution in [-0.2, 0) is 6.54 Å². The Morgan fingerprint density at radius 3 is 2.94 bits per heavy atom. The fourth-order valence-corrected chi connectivity index (χ4v) is 3.98. The monoisotopic (exact) mass is 315 g/mol. The standard InChI is InChI=1S/C13H18BrNOS/c1-15(11-5-6-17-9-11)8-10-3-4-13(16-2)12(14)7-10/h3-4,7,11H,5-6,8-9H2,1-2H3. The van der Waals surface area contributed by atoms with Crippen molar-refractivity contribution in [2.45, 2.75) is 19.0 Å². The molecule has 0 spiro atoms. The molecule has 0 aromatic heterocycles. The molecule has 1 aromatic carbocycles. The number of methoxy groups -OCH3 is 1. The van der Waals surface area contributed by atoms with Crippen LogP contribution in [0.2, 0.25) is 0 Å². The van der Waals surface area contributed by atoms with Gasteiger partial charge in [-0.1, -0.05) is 6.07 Å². The lowest BCUT2D eigenvalue weighted by molar-refractivity contribution is 0.254. The summed E-state index contributed by atoms with van der Waals surface area (Å²) >= 11 is 5.59. The molecule has 1 aliphatic heterocycles. The Labute approximate surface area is 116 Å². The minimum absolute atomic E-state index is 0.737. The average molecular weight is 316 g/mol. The van der Waals surface area contributed by atoms with E-state index < -0.39 is 0 Å². The van der Waals surface area contributed by atoms with Crippen LogP contribution in [-0.4, -0.2) is 36.6 Å². The number of benzene rings is 1. The van der Waals surface area contributed by atoms with Crippen molar-refractivity contribution < 1.29 is 4.74 Å². The molecule has 1 aliphatic rings. The van der Waals surface area contributed by atoms with Crippen LogP contribution in [0.3, 0.4) is 0 Å². The van der Waals surface area contributed by atoms with Crippen LogP contribution in [0.4, 0.5) is 0 Å². The van der Waals surface area contributed by atoms with Gasteiger partial charge in [0.1, 0.15) is 5.75 Å². The first kappa shape index (κ1) is 13.2. The van der Waals surface area contributed by atoms with E-state index in [9.17, 15) is 0 Å². The van der Waals surface area contributed by atoms with Gasteiger partial charge < -0.3 is 4.74 Å². The van der Waals surface area contributed by atoms with E-state index in [1.165, 1.54) is 23.5 Å². The van der Waals surface area contributed by atoms with Gasteiger partial charge in [-0.15, -0.1) is 0 Å². The zero-order valence-electron chi connectivity index (χ0n) is 10.3. The molecule has 94 valence electrons. The summed E-state index contributed by atoms with van der Waals surface area (Å²) in [4.78, 5) is 2.45. The minimum atomic E-state index is 0.737. The van der Waals surface area contributed by atoms with Crippen LogP contribution in [0.25, 0.3) is 0 Å². The van der Waals surface area contributed by atoms with Crippen molar-refractivity contribution in [3.05, 3.63) is 28.2 Å². The van der Waals surface area contributed by atoms with Crippen LogP contribution in [0.5, 0.6) is 5.75 Å². The lowest BCUT2D eigenvalue weighted by Gasteiger charge is -2.23. The molecule has 4 heteroatoms. The van der Waals surface area contributed by atoms with Gasteiger partial charge in [-0.25, -0.2) is 0 Å². The van der Waals surface area contributed by atoms with E-state index in [1.807, 2.05) is 6.07 Å². The summed E-state index contributed by atoms with van der Waals surface area (Å²) in [6, 6.07) is 7.05. The van der Waals surface area contributed by atoms with Crippen LogP contribution in [0, 0.1) is 0 Å². The van der Waals surface area contributed by atoms with E-state index in [-0.39, 0.29) is 0 Å². The van der Waals surface area contributed by atoms with Crippen molar-refractivity contribution in [2.24, 2.45) is 0 Å². The van der Waals surface area contributed by atoms with Gasteiger partial charge in [0.25, 0.3) is 0 Å². The third-order valence-electron chi connectivity index (χ3n) is 3.18. The molecule has 17 heavy (non-hydrogen) atoms. The summed E-state index contributed by atoms with van der Waals surface area (Å²) in [5.41, 5.74) is 1.33. The Morgan fingerprint density at radius 2 is 2.35 bits per heavy atom. The summed E-state index contributed by atoms with van der Waals surface area (Å²) in [5, 5.41) is 0. The Hall–Kier alpha value is -0.190. The summed E-state index contributed by atoms with van der Waals surface area (Å²) in [7, 11) is 3.91. The highest BCUT2D eigenvalue weighted by molar-refractivity contribution is 9.10. The summed E-state index contributed by atoms with van der Waals surface area (Å²) in [6.45, 7) is 1.01. The second-order valence-electron chi connectivity index (χ2n) is 4.40. The molecule has 0 amide bonds. The van der Waals surface area contributed by atoms with Crippen molar-refractivity contribution in [2.75, 3.05) is 25.7 Å². The summed E-state index contributed by atoms with van der Waals surface area (Å²) in [5.74, 6) is 3.47. The molecule has 1 aromatic rings. The Balaban J connectivity index is 2.00. The molecule has 0 bridgehead atoms. The number of thioether (sulfide) groups is 1. The summed E-state index contributed by atoms with van der Waals surface area (Å²) < 4.78 is 6.27. The van der Waals surface area contributed by atoms with Gasteiger partial charge in [0.05, 0.1) is 11.6 Å². The number of rotatable bonds is 4. The lowest BCUT2D eigenvalue weighted by atomic mass is 10.1. The second kappa shape index (κ2) is 6.12. The van der Waals surface area contributed by atoms with Crippen molar-refractivity contribution in [3.8, 4) is 5.75 Å². The first-order valence-corrected chi connectivity index (χ1v) is 7.76. The van der Waals surface area contributed by atoms with Crippen molar-refractivity contribution in [1.82, 2.24) is 4.90 Å². The van der Waals surface area contributed by atoms with E-state index in [0.717, 1.165) is 22.8 Å². The van der Waals surface area contributed by atoms with Crippen LogP contribution < -0.4 is 4.74 Å². The van der Waals surface area contributed by atoms with Gasteiger partial charge in [-0.2, -0.15) is 11.8 Å². The maximum atomic E-state index is 5.24. The number of hydrogen-bond acceptors (Lipinski definition) is 3. The minimum Gasteiger partial charge on any atom is -0.496 e. The van der Waals surface area contributed by atoms with E-state index in [2.05, 4.69) is 51.8 Å². The highest BCUT2D eigenvalue weighted by atomic mass is 79.9. The van der Waals surface area contributed by atoms with Crippen molar-refractivity contribution >= 4 is 27.7 Å². The lowest BCUT2D eigenvalue weighted by Crippen LogP contribution is -2.30. The highest BCUT2D eigenvalue weighted by Gasteiger charge is 2.19. The van der Waals surface area contributed by atoms with Gasteiger partial charge in [-0.3, -0.25) is 4.90 Å². The zero-order valence-corrected chi connectivity index (χ0v) is 12.7. The largest absolute Gasteiger partial charge is 0.496 e. The highest BCUT2D eigenvalue weighted by Crippen LogP contribution is 2.27. The summed E-state index contributed by atoms with van der Waals surface area (Å²) in [6.07, 6.45) is 1.32. The predicted octanol–water partition coefficient (Wildman–Crippen LogP) is 3.40. The van der Waals surface area contributed by atoms with Crippen molar-refractivity contribution in [1.29, 1.82) is 0 Å². The Kier molecular flexibility index (Phi) is 4.77. The predicted molar refractivity (Wildman–Crippen MR) is 77.9 cm³/mol. The molecule has 0 radical (unpaired) electrons. The fraction of sp³-hybridized carbons (Fsp3) is 0.538.